The summed E-state index contributed by atoms with van der Waals surface area (Å²) in [6.07, 6.45) is 7.89. The van der Waals surface area contributed by atoms with Crippen LogP contribution in [0, 0.1) is 0 Å². The zero-order chi connectivity index (χ0) is 16.8. The van der Waals surface area contributed by atoms with Crippen LogP contribution in [0.4, 0.5) is 5.82 Å². The lowest BCUT2D eigenvalue weighted by molar-refractivity contribution is 0.248. The van der Waals surface area contributed by atoms with E-state index in [0.717, 1.165) is 46.5 Å². The maximum atomic E-state index is 6.34. The molecule has 0 radical (unpaired) electrons. The van der Waals surface area contributed by atoms with Crippen LogP contribution in [0.2, 0.25) is 0 Å². The first-order valence-electron chi connectivity index (χ1n) is 8.04. The third-order valence-corrected chi connectivity index (χ3v) is 5.49. The topological polar surface area (TPSA) is 77.3 Å². The van der Waals surface area contributed by atoms with Crippen LogP contribution in [0.15, 0.2) is 23.1 Å². The highest BCUT2D eigenvalue weighted by Crippen LogP contribution is 2.35. The van der Waals surface area contributed by atoms with Gasteiger partial charge in [0, 0.05) is 36.8 Å². The largest absolute Gasteiger partial charge is 0.383 e. The van der Waals surface area contributed by atoms with Gasteiger partial charge in [0.25, 0.3) is 0 Å². The number of likely N-dealkylation sites (N-methyl/N-ethyl adjacent to an activating group) is 1. The second-order valence-corrected chi connectivity index (χ2v) is 7.29. The standard InChI is InChI=1S/C16H20BrN7/c1-22-5-3-4-10(8-22)14-13(17)15(18)24-16(21-14)12(7-20-24)11-6-19-23(2)9-11/h6-7,9-10H,3-5,8,18H2,1-2H3/t10-/m1/s1. The van der Waals surface area contributed by atoms with Gasteiger partial charge in [0.05, 0.1) is 22.6 Å². The molecule has 0 amide bonds. The molecule has 3 aromatic heterocycles. The highest BCUT2D eigenvalue weighted by molar-refractivity contribution is 9.10. The van der Waals surface area contributed by atoms with Gasteiger partial charge in [0.15, 0.2) is 5.65 Å². The number of hydrogen-bond donors (Lipinski definition) is 1. The van der Waals surface area contributed by atoms with Gasteiger partial charge in [-0.05, 0) is 42.4 Å². The van der Waals surface area contributed by atoms with Crippen LogP contribution in [-0.2, 0) is 7.05 Å². The highest BCUT2D eigenvalue weighted by Gasteiger charge is 2.25. The maximum absolute atomic E-state index is 6.34. The summed E-state index contributed by atoms with van der Waals surface area (Å²) < 4.78 is 4.33. The molecule has 8 heteroatoms. The van der Waals surface area contributed by atoms with Crippen molar-refractivity contribution < 1.29 is 0 Å². The number of piperidine rings is 1. The summed E-state index contributed by atoms with van der Waals surface area (Å²) in [7, 11) is 4.05. The number of rotatable bonds is 2. The second kappa shape index (κ2) is 5.86. The number of likely N-dealkylation sites (tertiary alicyclic amines) is 1. The minimum atomic E-state index is 0.377. The predicted molar refractivity (Wildman–Crippen MR) is 96.8 cm³/mol. The van der Waals surface area contributed by atoms with Gasteiger partial charge in [-0.1, -0.05) is 0 Å². The van der Waals surface area contributed by atoms with Crippen LogP contribution in [0.25, 0.3) is 16.8 Å². The average molecular weight is 390 g/mol. The number of fused-ring (bicyclic) bond motifs is 1. The number of aryl methyl sites for hydroxylation is 1. The maximum Gasteiger partial charge on any atom is 0.165 e. The van der Waals surface area contributed by atoms with Gasteiger partial charge in [0.1, 0.15) is 5.82 Å². The Labute approximate surface area is 148 Å². The van der Waals surface area contributed by atoms with Crippen molar-refractivity contribution >= 4 is 27.4 Å². The molecule has 0 saturated carbocycles. The fourth-order valence-corrected chi connectivity index (χ4v) is 4.02. The summed E-state index contributed by atoms with van der Waals surface area (Å²) in [5.74, 6) is 0.973. The van der Waals surface area contributed by atoms with E-state index >= 15 is 0 Å². The Hall–Kier alpha value is -1.93. The quantitative estimate of drug-likeness (QED) is 0.727. The summed E-state index contributed by atoms with van der Waals surface area (Å²) in [5, 5.41) is 8.66. The van der Waals surface area contributed by atoms with E-state index in [2.05, 4.69) is 38.1 Å². The highest BCUT2D eigenvalue weighted by atomic mass is 79.9. The summed E-state index contributed by atoms with van der Waals surface area (Å²) in [6, 6.07) is 0. The third kappa shape index (κ3) is 2.50. The molecule has 7 nitrogen and oxygen atoms in total. The molecule has 0 bridgehead atoms. The summed E-state index contributed by atoms with van der Waals surface area (Å²) in [4.78, 5) is 7.30. The lowest BCUT2D eigenvalue weighted by Crippen LogP contribution is -2.31. The van der Waals surface area contributed by atoms with E-state index in [1.165, 1.54) is 6.42 Å². The monoisotopic (exact) mass is 389 g/mol. The molecule has 126 valence electrons. The molecule has 24 heavy (non-hydrogen) atoms. The summed E-state index contributed by atoms with van der Waals surface area (Å²) in [6.45, 7) is 2.14. The second-order valence-electron chi connectivity index (χ2n) is 6.49. The van der Waals surface area contributed by atoms with Crippen LogP contribution in [0.5, 0.6) is 0 Å². The first-order chi connectivity index (χ1) is 11.5. The summed E-state index contributed by atoms with van der Waals surface area (Å²) >= 11 is 3.64. The lowest BCUT2D eigenvalue weighted by atomic mass is 9.94. The number of anilines is 1. The van der Waals surface area contributed by atoms with Crippen molar-refractivity contribution in [3.63, 3.8) is 0 Å². The normalized spacial score (nSPS) is 19.2. The fourth-order valence-electron chi connectivity index (χ4n) is 3.44. The van der Waals surface area contributed by atoms with Gasteiger partial charge in [-0.3, -0.25) is 4.68 Å². The number of nitrogens with two attached hydrogens (primary N) is 1. The number of hydrogen-bond acceptors (Lipinski definition) is 5. The molecule has 4 heterocycles. The SMILES string of the molecule is CN1CCC[C@@H](c2nc3c(-c4cnn(C)c4)cnn3c(N)c2Br)C1. The van der Waals surface area contributed by atoms with E-state index in [-0.39, 0.29) is 0 Å². The van der Waals surface area contributed by atoms with Crippen molar-refractivity contribution in [2.24, 2.45) is 7.05 Å². The Balaban J connectivity index is 1.87. The van der Waals surface area contributed by atoms with Gasteiger partial charge < -0.3 is 10.6 Å². The van der Waals surface area contributed by atoms with E-state index in [4.69, 9.17) is 10.7 Å². The number of halogens is 1. The molecule has 0 unspecified atom stereocenters. The van der Waals surface area contributed by atoms with Crippen LogP contribution in [-0.4, -0.2) is 49.4 Å². The zero-order valence-corrected chi connectivity index (χ0v) is 15.4. The van der Waals surface area contributed by atoms with Crippen molar-refractivity contribution in [1.29, 1.82) is 0 Å². The number of aromatic nitrogens is 5. The van der Waals surface area contributed by atoms with E-state index in [1.807, 2.05) is 19.4 Å². The molecule has 0 aliphatic carbocycles. The Morgan fingerprint density at radius 2 is 2.08 bits per heavy atom. The van der Waals surface area contributed by atoms with Crippen LogP contribution in [0.1, 0.15) is 24.5 Å². The molecular weight excluding hydrogens is 370 g/mol. The molecule has 1 saturated heterocycles. The van der Waals surface area contributed by atoms with Crippen molar-refractivity contribution in [3.8, 4) is 11.1 Å². The molecule has 0 spiro atoms. The fraction of sp³-hybridized carbons (Fsp3) is 0.438. The lowest BCUT2D eigenvalue weighted by Gasteiger charge is -2.30. The Bertz CT molecular complexity index is 897. The Morgan fingerprint density at radius 3 is 2.79 bits per heavy atom. The van der Waals surface area contributed by atoms with E-state index in [0.29, 0.717) is 11.7 Å². The minimum absolute atomic E-state index is 0.377. The van der Waals surface area contributed by atoms with Crippen LogP contribution < -0.4 is 5.73 Å². The number of nitrogen functional groups attached to an aromatic ring is 1. The first kappa shape index (κ1) is 15.6. The molecule has 1 atom stereocenters. The molecule has 0 aromatic carbocycles. The third-order valence-electron chi connectivity index (χ3n) is 4.68. The molecular formula is C16H20BrN7. The molecule has 1 aliphatic rings. The van der Waals surface area contributed by atoms with Gasteiger partial charge in [-0.15, -0.1) is 0 Å². The van der Waals surface area contributed by atoms with Gasteiger partial charge in [-0.2, -0.15) is 14.7 Å². The van der Waals surface area contributed by atoms with Crippen molar-refractivity contribution in [1.82, 2.24) is 29.3 Å². The molecule has 2 N–H and O–H groups in total. The smallest absolute Gasteiger partial charge is 0.165 e. The first-order valence-corrected chi connectivity index (χ1v) is 8.84. The molecule has 4 rings (SSSR count). The van der Waals surface area contributed by atoms with E-state index in [9.17, 15) is 0 Å². The van der Waals surface area contributed by atoms with Crippen LogP contribution >= 0.6 is 15.9 Å². The van der Waals surface area contributed by atoms with Crippen molar-refractivity contribution in [2.45, 2.75) is 18.8 Å². The average Bonchev–Trinajstić information content (AvgIpc) is 3.16. The Morgan fingerprint density at radius 1 is 1.25 bits per heavy atom. The van der Waals surface area contributed by atoms with Gasteiger partial charge in [0.2, 0.25) is 0 Å². The van der Waals surface area contributed by atoms with Gasteiger partial charge >= 0.3 is 0 Å². The van der Waals surface area contributed by atoms with Crippen LogP contribution in [0.3, 0.4) is 0 Å². The number of nitrogens with zero attached hydrogens (tertiary/aromatic N) is 6. The zero-order valence-electron chi connectivity index (χ0n) is 13.8. The predicted octanol–water partition coefficient (Wildman–Crippen LogP) is 2.28. The Kier molecular flexibility index (Phi) is 3.80. The van der Waals surface area contributed by atoms with E-state index < -0.39 is 0 Å². The molecule has 1 aliphatic heterocycles. The molecule has 1 fully saturated rings. The summed E-state index contributed by atoms with van der Waals surface area (Å²) in [5.41, 5.74) is 10.1. The van der Waals surface area contributed by atoms with Crippen molar-refractivity contribution in [2.75, 3.05) is 25.9 Å². The van der Waals surface area contributed by atoms with E-state index in [1.54, 1.807) is 15.4 Å². The van der Waals surface area contributed by atoms with Crippen molar-refractivity contribution in [3.05, 3.63) is 28.8 Å². The minimum Gasteiger partial charge on any atom is -0.383 e. The molecule has 3 aromatic rings. The van der Waals surface area contributed by atoms with Gasteiger partial charge in [-0.25, -0.2) is 4.98 Å².